The van der Waals surface area contributed by atoms with E-state index in [1.807, 2.05) is 31.7 Å². The van der Waals surface area contributed by atoms with Gasteiger partial charge >= 0.3 is 12.1 Å². The first-order valence-corrected chi connectivity index (χ1v) is 15.0. The molecule has 2 fully saturated rings. The number of aliphatic carboxylic acids is 1. The molecule has 224 valence electrons. The number of aromatic nitrogens is 3. The minimum atomic E-state index is -1.21. The smallest absolute Gasteiger partial charge is 0.407 e. The molecule has 2 aromatic rings. The zero-order valence-corrected chi connectivity index (χ0v) is 25.6. The Kier molecular flexibility index (Phi) is 9.55. The Morgan fingerprint density at radius 3 is 2.32 bits per heavy atom. The highest BCUT2D eigenvalue weighted by molar-refractivity contribution is 7.99. The number of carboxylic acids is 1. The third-order valence-electron chi connectivity index (χ3n) is 7.49. The van der Waals surface area contributed by atoms with Crippen molar-refractivity contribution >= 4 is 47.1 Å². The van der Waals surface area contributed by atoms with Crippen LogP contribution in [0.3, 0.4) is 0 Å². The van der Waals surface area contributed by atoms with Crippen molar-refractivity contribution in [1.29, 1.82) is 0 Å². The van der Waals surface area contributed by atoms with E-state index in [1.54, 1.807) is 18.6 Å². The highest BCUT2D eigenvalue weighted by atomic mass is 35.5. The number of nitrogens with zero attached hydrogens (tertiary/aromatic N) is 5. The van der Waals surface area contributed by atoms with Crippen LogP contribution in [0.1, 0.15) is 59.8 Å². The topological polar surface area (TPSA) is 141 Å². The van der Waals surface area contributed by atoms with Crippen molar-refractivity contribution in [1.82, 2.24) is 20.3 Å². The van der Waals surface area contributed by atoms with Gasteiger partial charge in [0.2, 0.25) is 0 Å². The molecule has 0 spiro atoms. The summed E-state index contributed by atoms with van der Waals surface area (Å²) in [5.41, 5.74) is -1.74. The molecule has 3 N–H and O–H groups in total. The maximum absolute atomic E-state index is 12.1. The number of anilines is 2. The number of alkyl carbamates (subject to hydrolysis) is 1. The third kappa shape index (κ3) is 8.59. The van der Waals surface area contributed by atoms with Gasteiger partial charge in [0.25, 0.3) is 0 Å². The number of hydrogen-bond donors (Lipinski definition) is 3. The number of carbonyl (C=O) groups excluding carboxylic acids is 1. The van der Waals surface area contributed by atoms with Crippen LogP contribution in [0.25, 0.3) is 0 Å². The van der Waals surface area contributed by atoms with E-state index in [0.717, 1.165) is 36.6 Å². The first kappa shape index (κ1) is 31.1. The van der Waals surface area contributed by atoms with Crippen LogP contribution in [0.4, 0.5) is 16.4 Å². The van der Waals surface area contributed by atoms with Crippen LogP contribution in [0.2, 0.25) is 5.02 Å². The number of hydrogen-bond acceptors (Lipinski definition) is 10. The molecular formula is C28H39ClN6O5S. The quantitative estimate of drug-likeness (QED) is 0.388. The van der Waals surface area contributed by atoms with Crippen LogP contribution in [0, 0.1) is 5.41 Å². The number of ether oxygens (including phenoxy) is 1. The van der Waals surface area contributed by atoms with Crippen molar-refractivity contribution in [2.24, 2.45) is 5.41 Å². The fourth-order valence-electron chi connectivity index (χ4n) is 5.00. The van der Waals surface area contributed by atoms with Crippen molar-refractivity contribution in [3.8, 4) is 0 Å². The Labute approximate surface area is 250 Å². The third-order valence-corrected chi connectivity index (χ3v) is 8.96. The van der Waals surface area contributed by atoms with E-state index in [9.17, 15) is 14.7 Å². The first-order chi connectivity index (χ1) is 19.2. The SMILES string of the molecule is CC1(CNC(=O)OC(C)(C)C)CCN(c2cnc(Sc3ccnc(N4CCC(O)(CC(=O)O)CC4)c3Cl)cn2)CC1. The fourth-order valence-corrected chi connectivity index (χ4v) is 6.09. The predicted octanol–water partition coefficient (Wildman–Crippen LogP) is 4.61. The molecule has 0 aliphatic carbocycles. The lowest BCUT2D eigenvalue weighted by atomic mass is 9.80. The molecule has 0 saturated carbocycles. The predicted molar refractivity (Wildman–Crippen MR) is 158 cm³/mol. The molecule has 2 aromatic heterocycles. The monoisotopic (exact) mass is 606 g/mol. The van der Waals surface area contributed by atoms with Crippen LogP contribution < -0.4 is 15.1 Å². The summed E-state index contributed by atoms with van der Waals surface area (Å²) in [7, 11) is 0. The molecule has 41 heavy (non-hydrogen) atoms. The lowest BCUT2D eigenvalue weighted by Gasteiger charge is -2.40. The molecule has 0 bridgehead atoms. The van der Waals surface area contributed by atoms with Gasteiger partial charge in [-0.1, -0.05) is 30.3 Å². The second kappa shape index (κ2) is 12.6. The molecule has 0 unspecified atom stereocenters. The number of nitrogens with one attached hydrogen (secondary N) is 1. The number of halogens is 1. The number of carbonyl (C=O) groups is 2. The number of amides is 1. The molecule has 0 radical (unpaired) electrons. The van der Waals surface area contributed by atoms with Crippen molar-refractivity contribution in [3.63, 3.8) is 0 Å². The van der Waals surface area contributed by atoms with Gasteiger partial charge in [-0.3, -0.25) is 4.79 Å². The van der Waals surface area contributed by atoms with Gasteiger partial charge in [0.1, 0.15) is 22.3 Å². The molecule has 2 saturated heterocycles. The molecule has 2 aliphatic rings. The molecule has 11 nitrogen and oxygen atoms in total. The van der Waals surface area contributed by atoms with Gasteiger partial charge in [0.15, 0.2) is 0 Å². The minimum absolute atomic E-state index is 0.0181. The molecule has 2 aliphatic heterocycles. The van der Waals surface area contributed by atoms with Gasteiger partial charge in [-0.2, -0.15) is 0 Å². The standard InChI is InChI=1S/C28H39ClN6O5S/c1-26(2,3)40-25(38)33-18-27(4)6-11-34(12-7-27)20-16-32-21(17-31-20)41-19-5-10-30-24(23(19)29)35-13-8-28(39,9-14-35)15-22(36)37/h5,10,16-17,39H,6-9,11-15,18H2,1-4H3,(H,33,38)(H,36,37). The van der Waals surface area contributed by atoms with E-state index in [4.69, 9.17) is 21.4 Å². The summed E-state index contributed by atoms with van der Waals surface area (Å²) < 4.78 is 5.36. The first-order valence-electron chi connectivity index (χ1n) is 13.8. The van der Waals surface area contributed by atoms with Gasteiger partial charge in [0, 0.05) is 43.8 Å². The molecule has 1 amide bonds. The number of carboxylic acid groups (broad SMARTS) is 1. The zero-order chi connectivity index (χ0) is 29.8. The Hall–Kier alpha value is -2.83. The van der Waals surface area contributed by atoms with E-state index in [0.29, 0.717) is 48.3 Å². The number of piperidine rings is 2. The van der Waals surface area contributed by atoms with E-state index >= 15 is 0 Å². The van der Waals surface area contributed by atoms with E-state index in [-0.39, 0.29) is 17.9 Å². The highest BCUT2D eigenvalue weighted by Crippen LogP contribution is 2.39. The summed E-state index contributed by atoms with van der Waals surface area (Å²) in [4.78, 5) is 41.8. The summed E-state index contributed by atoms with van der Waals surface area (Å²) in [5.74, 6) is 0.408. The molecule has 4 heterocycles. The largest absolute Gasteiger partial charge is 0.481 e. The Morgan fingerprint density at radius 1 is 1.07 bits per heavy atom. The zero-order valence-electron chi connectivity index (χ0n) is 24.0. The lowest BCUT2D eigenvalue weighted by Crippen LogP contribution is -2.46. The van der Waals surface area contributed by atoms with Crippen LogP contribution in [0.15, 0.2) is 34.6 Å². The van der Waals surface area contributed by atoms with Crippen molar-refractivity contribution in [2.45, 2.75) is 80.9 Å². The lowest BCUT2D eigenvalue weighted by molar-refractivity contribution is -0.143. The van der Waals surface area contributed by atoms with E-state index in [2.05, 4.69) is 32.1 Å². The van der Waals surface area contributed by atoms with Gasteiger partial charge in [0.05, 0.1) is 29.4 Å². The summed E-state index contributed by atoms with van der Waals surface area (Å²) in [5, 5.41) is 23.7. The average Bonchev–Trinajstić information content (AvgIpc) is 2.89. The Morgan fingerprint density at radius 2 is 1.73 bits per heavy atom. The Bertz CT molecular complexity index is 1230. The second-order valence-corrected chi connectivity index (χ2v) is 13.6. The average molecular weight is 607 g/mol. The van der Waals surface area contributed by atoms with Crippen LogP contribution in [-0.2, 0) is 9.53 Å². The Balaban J connectivity index is 1.31. The summed E-state index contributed by atoms with van der Waals surface area (Å²) in [6.07, 6.45) is 7.01. The number of rotatable bonds is 8. The van der Waals surface area contributed by atoms with Crippen LogP contribution in [-0.4, -0.2) is 81.2 Å². The van der Waals surface area contributed by atoms with Crippen molar-refractivity contribution < 1.29 is 24.5 Å². The molecule has 0 aromatic carbocycles. The summed E-state index contributed by atoms with van der Waals surface area (Å²) in [6, 6.07) is 1.83. The maximum atomic E-state index is 12.1. The summed E-state index contributed by atoms with van der Waals surface area (Å²) in [6.45, 7) is 10.8. The summed E-state index contributed by atoms with van der Waals surface area (Å²) >= 11 is 8.13. The van der Waals surface area contributed by atoms with Crippen LogP contribution >= 0.6 is 23.4 Å². The normalized spacial score (nSPS) is 18.6. The molecule has 0 atom stereocenters. The molecule has 13 heteroatoms. The van der Waals surface area contributed by atoms with Gasteiger partial charge < -0.3 is 30.1 Å². The fraction of sp³-hybridized carbons (Fsp3) is 0.607. The minimum Gasteiger partial charge on any atom is -0.481 e. The number of pyridine rings is 1. The second-order valence-electron chi connectivity index (χ2n) is 12.2. The van der Waals surface area contributed by atoms with Crippen molar-refractivity contribution in [3.05, 3.63) is 29.7 Å². The van der Waals surface area contributed by atoms with Gasteiger partial charge in [-0.15, -0.1) is 0 Å². The van der Waals surface area contributed by atoms with E-state index < -0.39 is 17.2 Å². The molecular weight excluding hydrogens is 568 g/mol. The highest BCUT2D eigenvalue weighted by Gasteiger charge is 2.36. The number of aliphatic hydroxyl groups is 1. The van der Waals surface area contributed by atoms with Crippen LogP contribution in [0.5, 0.6) is 0 Å². The molecule has 4 rings (SSSR count). The van der Waals surface area contributed by atoms with Crippen molar-refractivity contribution in [2.75, 3.05) is 42.5 Å². The van der Waals surface area contributed by atoms with Gasteiger partial charge in [-0.05, 0) is 57.9 Å². The van der Waals surface area contributed by atoms with Gasteiger partial charge in [-0.25, -0.2) is 19.7 Å². The van der Waals surface area contributed by atoms with E-state index in [1.165, 1.54) is 11.8 Å². The maximum Gasteiger partial charge on any atom is 0.407 e.